The Morgan fingerprint density at radius 3 is 2.86 bits per heavy atom. The second-order valence-corrected chi connectivity index (χ2v) is 4.44. The number of esters is 1. The first kappa shape index (κ1) is 13.1. The first-order chi connectivity index (χ1) is 10.3. The molecular weight excluding hydrogens is 266 g/mol. The molecule has 3 aromatic rings. The fourth-order valence-corrected chi connectivity index (χ4v) is 2.00. The molecule has 2 heterocycles. The molecule has 0 bridgehead atoms. The summed E-state index contributed by atoms with van der Waals surface area (Å²) in [6, 6.07) is 8.97. The van der Waals surface area contributed by atoms with Gasteiger partial charge in [-0.3, -0.25) is 4.98 Å². The van der Waals surface area contributed by atoms with E-state index in [2.05, 4.69) is 21.5 Å². The lowest BCUT2D eigenvalue weighted by atomic mass is 10.2. The summed E-state index contributed by atoms with van der Waals surface area (Å²) in [5.41, 5.74) is 3.00. The van der Waals surface area contributed by atoms with Crippen molar-refractivity contribution in [2.75, 3.05) is 6.61 Å². The Bertz CT molecular complexity index is 794. The summed E-state index contributed by atoms with van der Waals surface area (Å²) in [6.45, 7) is 3.71. The summed E-state index contributed by atoms with van der Waals surface area (Å²) < 4.78 is 5.02. The number of hydrogen-bond acceptors (Lipinski definition) is 4. The van der Waals surface area contributed by atoms with Gasteiger partial charge in [0.05, 0.1) is 16.6 Å². The molecule has 0 radical (unpaired) electrons. The van der Waals surface area contributed by atoms with Crippen LogP contribution < -0.4 is 0 Å². The van der Waals surface area contributed by atoms with Gasteiger partial charge < -0.3 is 9.72 Å². The lowest BCUT2D eigenvalue weighted by Gasteiger charge is -2.01. The third kappa shape index (κ3) is 2.67. The minimum atomic E-state index is -0.378. The van der Waals surface area contributed by atoms with Gasteiger partial charge in [0.2, 0.25) is 0 Å². The van der Waals surface area contributed by atoms with Crippen LogP contribution in [-0.4, -0.2) is 27.5 Å². The van der Waals surface area contributed by atoms with E-state index in [1.165, 1.54) is 6.08 Å². The molecule has 1 N–H and O–H groups in total. The van der Waals surface area contributed by atoms with E-state index < -0.39 is 0 Å². The number of hydrogen-bond donors (Lipinski definition) is 1. The van der Waals surface area contributed by atoms with Crippen LogP contribution in [0.25, 0.3) is 22.4 Å². The van der Waals surface area contributed by atoms with Crippen molar-refractivity contribution in [2.24, 2.45) is 0 Å². The van der Waals surface area contributed by atoms with Gasteiger partial charge in [0.15, 0.2) is 0 Å². The van der Waals surface area contributed by atoms with E-state index in [0.29, 0.717) is 5.56 Å². The van der Waals surface area contributed by atoms with Crippen LogP contribution in [0.2, 0.25) is 0 Å². The number of nitrogens with one attached hydrogen (secondary N) is 1. The number of H-pyrrole nitrogens is 1. The van der Waals surface area contributed by atoms with Crippen molar-refractivity contribution in [2.45, 2.75) is 0 Å². The second kappa shape index (κ2) is 5.58. The summed E-state index contributed by atoms with van der Waals surface area (Å²) in [7, 11) is 0. The molecule has 5 nitrogen and oxygen atoms in total. The van der Waals surface area contributed by atoms with E-state index in [0.717, 1.165) is 22.4 Å². The number of carbonyl (C=O) groups excluding carboxylic acids is 1. The van der Waals surface area contributed by atoms with Gasteiger partial charge in [-0.25, -0.2) is 9.78 Å². The molecule has 0 saturated heterocycles. The smallest absolute Gasteiger partial charge is 0.338 e. The van der Waals surface area contributed by atoms with Crippen molar-refractivity contribution in [3.05, 3.63) is 60.9 Å². The molecular formula is C16H13N3O2. The largest absolute Gasteiger partial charge is 0.458 e. The van der Waals surface area contributed by atoms with Crippen LogP contribution in [0.4, 0.5) is 0 Å². The number of imidazole rings is 1. The highest BCUT2D eigenvalue weighted by Gasteiger charge is 2.10. The fourth-order valence-electron chi connectivity index (χ4n) is 2.00. The van der Waals surface area contributed by atoms with Crippen LogP contribution in [0.5, 0.6) is 0 Å². The topological polar surface area (TPSA) is 67.9 Å². The van der Waals surface area contributed by atoms with Crippen LogP contribution >= 0.6 is 0 Å². The predicted octanol–water partition coefficient (Wildman–Crippen LogP) is 2.97. The molecule has 0 spiro atoms. The number of benzene rings is 1. The number of nitrogens with zero attached hydrogens (tertiary/aromatic N) is 2. The predicted molar refractivity (Wildman–Crippen MR) is 79.8 cm³/mol. The van der Waals surface area contributed by atoms with Gasteiger partial charge in [-0.1, -0.05) is 12.7 Å². The summed E-state index contributed by atoms with van der Waals surface area (Å²) in [4.78, 5) is 23.5. The summed E-state index contributed by atoms with van der Waals surface area (Å²) in [5.74, 6) is 0.362. The lowest BCUT2D eigenvalue weighted by Crippen LogP contribution is -2.04. The van der Waals surface area contributed by atoms with Gasteiger partial charge in [-0.15, -0.1) is 0 Å². The number of aromatic nitrogens is 3. The van der Waals surface area contributed by atoms with Crippen LogP contribution in [0.15, 0.2) is 55.4 Å². The molecule has 0 aliphatic heterocycles. The van der Waals surface area contributed by atoms with E-state index >= 15 is 0 Å². The normalized spacial score (nSPS) is 10.5. The number of rotatable bonds is 4. The first-order valence-electron chi connectivity index (χ1n) is 6.46. The maximum atomic E-state index is 11.8. The van der Waals surface area contributed by atoms with Gasteiger partial charge in [0.1, 0.15) is 12.4 Å². The molecule has 21 heavy (non-hydrogen) atoms. The number of ether oxygens (including phenoxy) is 1. The third-order valence-corrected chi connectivity index (χ3v) is 3.00. The monoisotopic (exact) mass is 279 g/mol. The Labute approximate surface area is 121 Å². The van der Waals surface area contributed by atoms with Crippen molar-refractivity contribution in [1.29, 1.82) is 0 Å². The number of pyridine rings is 1. The van der Waals surface area contributed by atoms with E-state index in [4.69, 9.17) is 4.74 Å². The molecule has 3 rings (SSSR count). The van der Waals surface area contributed by atoms with E-state index in [1.54, 1.807) is 30.6 Å². The lowest BCUT2D eigenvalue weighted by molar-refractivity contribution is 0.0550. The molecule has 0 aliphatic carbocycles. The molecule has 0 fully saturated rings. The Morgan fingerprint density at radius 2 is 2.10 bits per heavy atom. The molecule has 0 unspecified atom stereocenters. The number of aromatic amines is 1. The molecule has 0 atom stereocenters. The van der Waals surface area contributed by atoms with Crippen molar-refractivity contribution < 1.29 is 9.53 Å². The Kier molecular flexibility index (Phi) is 3.47. The van der Waals surface area contributed by atoms with Crippen molar-refractivity contribution in [3.63, 3.8) is 0 Å². The van der Waals surface area contributed by atoms with Crippen LogP contribution in [0.3, 0.4) is 0 Å². The van der Waals surface area contributed by atoms with Gasteiger partial charge >= 0.3 is 5.97 Å². The van der Waals surface area contributed by atoms with Crippen LogP contribution in [0, 0.1) is 0 Å². The van der Waals surface area contributed by atoms with E-state index in [-0.39, 0.29) is 12.6 Å². The number of carbonyl (C=O) groups is 1. The standard InChI is InChI=1S/C16H13N3O2/c1-2-9-21-16(20)12-3-4-13-14(10-12)19-15(18-13)11-5-7-17-8-6-11/h2-8,10H,1,9H2,(H,18,19). The zero-order chi connectivity index (χ0) is 14.7. The quantitative estimate of drug-likeness (QED) is 0.589. The molecule has 104 valence electrons. The maximum absolute atomic E-state index is 11.8. The average Bonchev–Trinajstić information content (AvgIpc) is 2.96. The third-order valence-electron chi connectivity index (χ3n) is 3.00. The maximum Gasteiger partial charge on any atom is 0.338 e. The van der Waals surface area contributed by atoms with E-state index in [9.17, 15) is 4.79 Å². The van der Waals surface area contributed by atoms with Gasteiger partial charge in [-0.05, 0) is 30.3 Å². The fraction of sp³-hybridized carbons (Fsp3) is 0.0625. The highest BCUT2D eigenvalue weighted by molar-refractivity contribution is 5.94. The minimum Gasteiger partial charge on any atom is -0.458 e. The van der Waals surface area contributed by atoms with Gasteiger partial charge in [0.25, 0.3) is 0 Å². The SMILES string of the molecule is C=CCOC(=O)c1ccc2nc(-c3ccncc3)[nH]c2c1. The molecule has 0 saturated carbocycles. The minimum absolute atomic E-state index is 0.197. The average molecular weight is 279 g/mol. The second-order valence-electron chi connectivity index (χ2n) is 4.44. The first-order valence-corrected chi connectivity index (χ1v) is 6.46. The Balaban J connectivity index is 1.95. The van der Waals surface area contributed by atoms with Crippen molar-refractivity contribution in [1.82, 2.24) is 15.0 Å². The van der Waals surface area contributed by atoms with Gasteiger partial charge in [0, 0.05) is 18.0 Å². The van der Waals surface area contributed by atoms with Crippen LogP contribution in [-0.2, 0) is 4.74 Å². The molecule has 2 aromatic heterocycles. The highest BCUT2D eigenvalue weighted by Crippen LogP contribution is 2.21. The summed E-state index contributed by atoms with van der Waals surface area (Å²) >= 11 is 0. The highest BCUT2D eigenvalue weighted by atomic mass is 16.5. The molecule has 0 aliphatic rings. The van der Waals surface area contributed by atoms with Crippen LogP contribution in [0.1, 0.15) is 10.4 Å². The molecule has 1 aromatic carbocycles. The molecule has 0 amide bonds. The zero-order valence-electron chi connectivity index (χ0n) is 11.2. The van der Waals surface area contributed by atoms with Crippen molar-refractivity contribution in [3.8, 4) is 11.4 Å². The Hall–Kier alpha value is -2.95. The summed E-state index contributed by atoms with van der Waals surface area (Å²) in [5, 5.41) is 0. The molecule has 5 heteroatoms. The zero-order valence-corrected chi connectivity index (χ0v) is 11.2. The summed E-state index contributed by atoms with van der Waals surface area (Å²) in [6.07, 6.45) is 4.95. The van der Waals surface area contributed by atoms with Gasteiger partial charge in [-0.2, -0.15) is 0 Å². The van der Waals surface area contributed by atoms with E-state index in [1.807, 2.05) is 12.1 Å². The van der Waals surface area contributed by atoms with Crippen molar-refractivity contribution >= 4 is 17.0 Å². The number of fused-ring (bicyclic) bond motifs is 1. The Morgan fingerprint density at radius 1 is 1.29 bits per heavy atom.